The van der Waals surface area contributed by atoms with Crippen molar-refractivity contribution < 1.29 is 4.79 Å². The topological polar surface area (TPSA) is 45.6 Å². The van der Waals surface area contributed by atoms with Crippen LogP contribution in [0.2, 0.25) is 0 Å². The van der Waals surface area contributed by atoms with Gasteiger partial charge in [0.25, 0.3) is 5.91 Å². The number of aliphatic imine (C=N–C) groups is 1. The Morgan fingerprint density at radius 2 is 1.92 bits per heavy atom. The number of hydrogen-bond acceptors (Lipinski definition) is 4. The van der Waals surface area contributed by atoms with E-state index in [1.807, 2.05) is 71.4 Å². The largest absolute Gasteiger partial charge is 0.282 e. The molecule has 26 heavy (non-hydrogen) atoms. The SMILES string of the molecule is O=C1/C(=N\c2ccc3ncccc3c2)c2ccccc2N1c1ccsc1. The fourth-order valence-corrected chi connectivity index (χ4v) is 3.83. The van der Waals surface area contributed by atoms with Gasteiger partial charge in [-0.15, -0.1) is 0 Å². The van der Waals surface area contributed by atoms with Crippen molar-refractivity contribution in [3.63, 3.8) is 0 Å². The van der Waals surface area contributed by atoms with Crippen molar-refractivity contribution in [1.29, 1.82) is 0 Å². The number of nitrogens with zero attached hydrogens (tertiary/aromatic N) is 3. The van der Waals surface area contributed by atoms with E-state index in [1.54, 1.807) is 22.4 Å². The number of para-hydroxylation sites is 1. The molecule has 5 heteroatoms. The Hall–Kier alpha value is -3.31. The first-order valence-corrected chi connectivity index (χ1v) is 9.15. The smallest absolute Gasteiger partial charge is 0.274 e. The van der Waals surface area contributed by atoms with E-state index in [0.29, 0.717) is 5.71 Å². The maximum Gasteiger partial charge on any atom is 0.282 e. The lowest BCUT2D eigenvalue weighted by Crippen LogP contribution is -2.24. The van der Waals surface area contributed by atoms with Gasteiger partial charge in [-0.3, -0.25) is 14.7 Å². The molecule has 0 radical (unpaired) electrons. The number of fused-ring (bicyclic) bond motifs is 2. The molecule has 0 atom stereocenters. The molecule has 2 aromatic heterocycles. The molecule has 1 aliphatic rings. The number of amides is 1. The number of benzene rings is 2. The Labute approximate surface area is 154 Å². The zero-order valence-corrected chi connectivity index (χ0v) is 14.5. The van der Waals surface area contributed by atoms with Crippen LogP contribution in [0.1, 0.15) is 5.56 Å². The van der Waals surface area contributed by atoms with E-state index in [4.69, 9.17) is 4.99 Å². The zero-order valence-electron chi connectivity index (χ0n) is 13.7. The van der Waals surface area contributed by atoms with Crippen LogP contribution < -0.4 is 4.90 Å². The minimum absolute atomic E-state index is 0.101. The minimum Gasteiger partial charge on any atom is -0.274 e. The van der Waals surface area contributed by atoms with E-state index in [9.17, 15) is 4.79 Å². The second kappa shape index (κ2) is 5.89. The van der Waals surface area contributed by atoms with Gasteiger partial charge in [0.15, 0.2) is 0 Å². The fourth-order valence-electron chi connectivity index (χ4n) is 3.21. The molecule has 0 saturated heterocycles. The molecule has 0 N–H and O–H groups in total. The van der Waals surface area contributed by atoms with E-state index < -0.39 is 0 Å². The van der Waals surface area contributed by atoms with Crippen LogP contribution in [0.4, 0.5) is 17.1 Å². The highest BCUT2D eigenvalue weighted by atomic mass is 32.1. The minimum atomic E-state index is -0.101. The van der Waals surface area contributed by atoms with Crippen LogP contribution in [0.3, 0.4) is 0 Å². The monoisotopic (exact) mass is 355 g/mol. The zero-order chi connectivity index (χ0) is 17.5. The highest BCUT2D eigenvalue weighted by Gasteiger charge is 2.34. The molecule has 0 saturated carbocycles. The van der Waals surface area contributed by atoms with Crippen LogP contribution >= 0.6 is 11.3 Å². The Morgan fingerprint density at radius 1 is 1.00 bits per heavy atom. The summed E-state index contributed by atoms with van der Waals surface area (Å²) < 4.78 is 0. The van der Waals surface area contributed by atoms with Crippen LogP contribution in [0.5, 0.6) is 0 Å². The van der Waals surface area contributed by atoms with E-state index >= 15 is 0 Å². The number of aromatic nitrogens is 1. The maximum absolute atomic E-state index is 13.1. The Balaban J connectivity index is 1.66. The third kappa shape index (κ3) is 2.33. The summed E-state index contributed by atoms with van der Waals surface area (Å²) in [5.74, 6) is -0.101. The van der Waals surface area contributed by atoms with Gasteiger partial charge < -0.3 is 0 Å². The van der Waals surface area contributed by atoms with Crippen molar-refractivity contribution in [2.24, 2.45) is 4.99 Å². The summed E-state index contributed by atoms with van der Waals surface area (Å²) in [6.45, 7) is 0. The Kier molecular flexibility index (Phi) is 3.40. The second-order valence-corrected chi connectivity index (χ2v) is 6.76. The van der Waals surface area contributed by atoms with Gasteiger partial charge in [-0.25, -0.2) is 4.99 Å². The molecular weight excluding hydrogens is 342 g/mol. The van der Waals surface area contributed by atoms with Crippen LogP contribution in [0.25, 0.3) is 10.9 Å². The van der Waals surface area contributed by atoms with Crippen LogP contribution in [-0.2, 0) is 4.79 Å². The first kappa shape index (κ1) is 15.0. The predicted octanol–water partition coefficient (Wildman–Crippen LogP) is 5.10. The van der Waals surface area contributed by atoms with Gasteiger partial charge in [0.05, 0.1) is 22.6 Å². The Morgan fingerprint density at radius 3 is 2.81 bits per heavy atom. The van der Waals surface area contributed by atoms with Crippen molar-refractivity contribution in [2.75, 3.05) is 4.90 Å². The lowest BCUT2D eigenvalue weighted by atomic mass is 10.1. The number of carbonyl (C=O) groups is 1. The van der Waals surface area contributed by atoms with E-state index in [0.717, 1.165) is 33.5 Å². The summed E-state index contributed by atoms with van der Waals surface area (Å²) in [6, 6.07) is 19.4. The average molecular weight is 355 g/mol. The molecule has 1 aliphatic heterocycles. The molecule has 3 heterocycles. The quantitative estimate of drug-likeness (QED) is 0.502. The summed E-state index contributed by atoms with van der Waals surface area (Å²) in [5.41, 5.74) is 4.73. The van der Waals surface area contributed by atoms with Crippen molar-refractivity contribution >= 4 is 50.9 Å². The molecular formula is C21H13N3OS. The molecule has 4 aromatic rings. The summed E-state index contributed by atoms with van der Waals surface area (Å²) in [7, 11) is 0. The summed E-state index contributed by atoms with van der Waals surface area (Å²) in [4.78, 5) is 23.9. The fraction of sp³-hybridized carbons (Fsp3) is 0. The van der Waals surface area contributed by atoms with Crippen molar-refractivity contribution in [3.05, 3.63) is 83.2 Å². The van der Waals surface area contributed by atoms with Gasteiger partial charge in [-0.05, 0) is 41.8 Å². The molecule has 0 bridgehead atoms. The number of thiophene rings is 1. The first-order chi connectivity index (χ1) is 12.8. The number of carbonyl (C=O) groups excluding carboxylic acids is 1. The van der Waals surface area contributed by atoms with E-state index in [-0.39, 0.29) is 5.91 Å². The molecule has 0 aliphatic carbocycles. The van der Waals surface area contributed by atoms with E-state index in [2.05, 4.69) is 4.98 Å². The van der Waals surface area contributed by atoms with Gasteiger partial charge in [-0.2, -0.15) is 11.3 Å². The van der Waals surface area contributed by atoms with Gasteiger partial charge >= 0.3 is 0 Å². The normalized spacial score (nSPS) is 15.0. The molecule has 2 aromatic carbocycles. The third-order valence-electron chi connectivity index (χ3n) is 4.40. The first-order valence-electron chi connectivity index (χ1n) is 8.21. The van der Waals surface area contributed by atoms with Gasteiger partial charge in [0.2, 0.25) is 0 Å². The van der Waals surface area contributed by atoms with Crippen LogP contribution in [0, 0.1) is 0 Å². The molecule has 0 spiro atoms. The lowest BCUT2D eigenvalue weighted by molar-refractivity contribution is -0.111. The highest BCUT2D eigenvalue weighted by molar-refractivity contribution is 7.08. The molecule has 0 fully saturated rings. The average Bonchev–Trinajstić information content (AvgIpc) is 3.29. The predicted molar refractivity (Wildman–Crippen MR) is 106 cm³/mol. The lowest BCUT2D eigenvalue weighted by Gasteiger charge is -2.14. The molecule has 5 rings (SSSR count). The highest BCUT2D eigenvalue weighted by Crippen LogP contribution is 2.37. The van der Waals surface area contributed by atoms with Crippen LogP contribution in [-0.4, -0.2) is 16.6 Å². The van der Waals surface area contributed by atoms with Gasteiger partial charge in [-0.1, -0.05) is 24.3 Å². The maximum atomic E-state index is 13.1. The standard InChI is InChI=1S/C21H13N3OS/c25-21-20(23-15-7-8-18-14(12-15)4-3-10-22-18)17-5-1-2-6-19(17)24(21)16-9-11-26-13-16/h1-13H/b23-20-. The van der Waals surface area contributed by atoms with Crippen molar-refractivity contribution in [3.8, 4) is 0 Å². The summed E-state index contributed by atoms with van der Waals surface area (Å²) in [5, 5.41) is 4.94. The summed E-state index contributed by atoms with van der Waals surface area (Å²) >= 11 is 1.57. The van der Waals surface area contributed by atoms with Crippen LogP contribution in [0.15, 0.2) is 82.6 Å². The van der Waals surface area contributed by atoms with Gasteiger partial charge in [0.1, 0.15) is 5.71 Å². The number of anilines is 2. The summed E-state index contributed by atoms with van der Waals surface area (Å²) in [6.07, 6.45) is 1.77. The molecule has 124 valence electrons. The molecule has 4 nitrogen and oxygen atoms in total. The number of pyridine rings is 1. The number of hydrogen-bond donors (Lipinski definition) is 0. The Bertz CT molecular complexity index is 1160. The van der Waals surface area contributed by atoms with Crippen molar-refractivity contribution in [2.45, 2.75) is 0 Å². The van der Waals surface area contributed by atoms with Crippen molar-refractivity contribution in [1.82, 2.24) is 4.98 Å². The second-order valence-electron chi connectivity index (χ2n) is 5.98. The van der Waals surface area contributed by atoms with Gasteiger partial charge in [0, 0.05) is 22.5 Å². The third-order valence-corrected chi connectivity index (χ3v) is 5.07. The molecule has 0 unspecified atom stereocenters. The molecule has 1 amide bonds. The number of rotatable bonds is 2. The van der Waals surface area contributed by atoms with E-state index in [1.165, 1.54) is 0 Å².